The summed E-state index contributed by atoms with van der Waals surface area (Å²) in [6.07, 6.45) is 3.35. The second-order valence-electron chi connectivity index (χ2n) is 6.84. The van der Waals surface area contributed by atoms with Crippen molar-refractivity contribution in [3.63, 3.8) is 0 Å². The summed E-state index contributed by atoms with van der Waals surface area (Å²) in [5.74, 6) is 0.815. The van der Waals surface area contributed by atoms with E-state index in [0.717, 1.165) is 18.4 Å². The lowest BCUT2D eigenvalue weighted by molar-refractivity contribution is -0.00915. The number of hydrogen-bond acceptors (Lipinski definition) is 4. The molecular formula is C19H25NO4. The van der Waals surface area contributed by atoms with E-state index in [2.05, 4.69) is 6.92 Å². The molecule has 0 bridgehead atoms. The molecular weight excluding hydrogens is 306 g/mol. The van der Waals surface area contributed by atoms with Gasteiger partial charge in [0.25, 0.3) is 0 Å². The Morgan fingerprint density at radius 3 is 2.79 bits per heavy atom. The van der Waals surface area contributed by atoms with Crippen LogP contribution in [0.4, 0.5) is 4.79 Å². The highest BCUT2D eigenvalue weighted by Gasteiger charge is 2.43. The van der Waals surface area contributed by atoms with Crippen molar-refractivity contribution < 1.29 is 19.1 Å². The Morgan fingerprint density at radius 1 is 1.33 bits per heavy atom. The lowest BCUT2D eigenvalue weighted by Crippen LogP contribution is -2.52. The third-order valence-electron chi connectivity index (χ3n) is 4.90. The fourth-order valence-corrected chi connectivity index (χ4v) is 3.38. The van der Waals surface area contributed by atoms with Crippen molar-refractivity contribution in [1.82, 2.24) is 4.90 Å². The van der Waals surface area contributed by atoms with Crippen molar-refractivity contribution in [2.45, 2.75) is 51.6 Å². The molecule has 2 heterocycles. The number of hydrogen-bond donors (Lipinski definition) is 0. The Morgan fingerprint density at radius 2 is 2.08 bits per heavy atom. The van der Waals surface area contributed by atoms with Gasteiger partial charge in [-0.25, -0.2) is 4.79 Å². The second-order valence-corrected chi connectivity index (χ2v) is 6.84. The van der Waals surface area contributed by atoms with Crippen molar-refractivity contribution in [2.24, 2.45) is 0 Å². The summed E-state index contributed by atoms with van der Waals surface area (Å²) in [7, 11) is 0. The third-order valence-corrected chi connectivity index (χ3v) is 4.90. The molecule has 0 N–H and O–H groups in total. The molecule has 1 amide bonds. The van der Waals surface area contributed by atoms with E-state index in [1.807, 2.05) is 25.1 Å². The molecule has 1 spiro atoms. The Bertz CT molecular complexity index is 632. The lowest BCUT2D eigenvalue weighted by Gasteiger charge is -2.43. The number of amides is 1. The smallest absolute Gasteiger partial charge is 0.409 e. The van der Waals surface area contributed by atoms with E-state index in [9.17, 15) is 9.59 Å². The van der Waals surface area contributed by atoms with E-state index in [1.54, 1.807) is 4.90 Å². The highest BCUT2D eigenvalue weighted by Crippen LogP contribution is 2.39. The molecule has 0 radical (unpaired) electrons. The summed E-state index contributed by atoms with van der Waals surface area (Å²) < 4.78 is 11.5. The molecule has 5 nitrogen and oxygen atoms in total. The van der Waals surface area contributed by atoms with Gasteiger partial charge in [0.15, 0.2) is 5.78 Å². The number of likely N-dealkylation sites (tertiary alicyclic amines) is 1. The van der Waals surface area contributed by atoms with Gasteiger partial charge in [0.2, 0.25) is 0 Å². The molecule has 2 aliphatic heterocycles. The monoisotopic (exact) mass is 331 g/mol. The number of Topliss-reactive ketones (excluding diaryl/α,β-unsaturated/α-hetero) is 1. The van der Waals surface area contributed by atoms with Gasteiger partial charge < -0.3 is 14.4 Å². The maximum atomic E-state index is 12.5. The number of ether oxygens (including phenoxy) is 2. The number of carbonyl (C=O) groups excluding carboxylic acids is 2. The molecule has 130 valence electrons. The molecule has 24 heavy (non-hydrogen) atoms. The Hall–Kier alpha value is -2.04. The topological polar surface area (TPSA) is 55.8 Å². The highest BCUT2D eigenvalue weighted by molar-refractivity contribution is 6.00. The number of rotatable bonds is 3. The molecule has 1 aromatic rings. The van der Waals surface area contributed by atoms with Gasteiger partial charge in [0.1, 0.15) is 11.4 Å². The zero-order valence-corrected chi connectivity index (χ0v) is 14.5. The number of carbonyl (C=O) groups is 2. The minimum Gasteiger partial charge on any atom is -0.486 e. The first-order valence-electron chi connectivity index (χ1n) is 8.77. The van der Waals surface area contributed by atoms with Gasteiger partial charge in [0.05, 0.1) is 18.6 Å². The summed E-state index contributed by atoms with van der Waals surface area (Å²) in [6, 6.07) is 5.74. The van der Waals surface area contributed by atoms with Crippen LogP contribution in [0.5, 0.6) is 5.75 Å². The van der Waals surface area contributed by atoms with Gasteiger partial charge >= 0.3 is 6.09 Å². The van der Waals surface area contributed by atoms with Crippen molar-refractivity contribution in [2.75, 3.05) is 19.7 Å². The van der Waals surface area contributed by atoms with Gasteiger partial charge in [-0.05, 0) is 25.5 Å². The number of benzene rings is 1. The second kappa shape index (κ2) is 6.83. The predicted molar refractivity (Wildman–Crippen MR) is 90.5 cm³/mol. The molecule has 1 saturated heterocycles. The first kappa shape index (κ1) is 16.8. The zero-order chi connectivity index (χ0) is 17.2. The molecule has 3 rings (SSSR count). The van der Waals surface area contributed by atoms with E-state index in [1.165, 1.54) is 0 Å². The summed E-state index contributed by atoms with van der Waals surface area (Å²) in [5.41, 5.74) is 1.27. The SMILES string of the molecule is CCCCOC(=O)N1CCC2(CC1)CC(=O)c1cc(C)ccc1O2. The number of nitrogens with zero attached hydrogens (tertiary/aromatic N) is 1. The Kier molecular flexibility index (Phi) is 4.78. The molecule has 0 atom stereocenters. The van der Waals surface area contributed by atoms with E-state index >= 15 is 0 Å². The average molecular weight is 331 g/mol. The van der Waals surface area contributed by atoms with Gasteiger partial charge in [0, 0.05) is 25.9 Å². The van der Waals surface area contributed by atoms with Gasteiger partial charge in [-0.2, -0.15) is 0 Å². The number of unbranched alkanes of at least 4 members (excludes halogenated alkanes) is 1. The Balaban J connectivity index is 1.63. The summed E-state index contributed by atoms with van der Waals surface area (Å²) in [5, 5.41) is 0. The predicted octanol–water partition coefficient (Wildman–Crippen LogP) is 3.73. The van der Waals surface area contributed by atoms with Crippen molar-refractivity contribution in [1.29, 1.82) is 0 Å². The molecule has 2 aliphatic rings. The lowest BCUT2D eigenvalue weighted by atomic mass is 9.82. The largest absolute Gasteiger partial charge is 0.486 e. The van der Waals surface area contributed by atoms with Crippen LogP contribution < -0.4 is 4.74 Å². The van der Waals surface area contributed by atoms with Crippen LogP contribution in [-0.2, 0) is 4.74 Å². The van der Waals surface area contributed by atoms with Crippen molar-refractivity contribution >= 4 is 11.9 Å². The third kappa shape index (κ3) is 3.40. The minimum absolute atomic E-state index is 0.138. The van der Waals surface area contributed by atoms with Crippen LogP contribution in [0.3, 0.4) is 0 Å². The molecule has 0 saturated carbocycles. The minimum atomic E-state index is -0.473. The van der Waals surface area contributed by atoms with Crippen LogP contribution in [0, 0.1) is 6.92 Å². The van der Waals surface area contributed by atoms with Crippen LogP contribution in [0.2, 0.25) is 0 Å². The van der Waals surface area contributed by atoms with E-state index < -0.39 is 5.60 Å². The van der Waals surface area contributed by atoms with Crippen LogP contribution in [0.25, 0.3) is 0 Å². The summed E-state index contributed by atoms with van der Waals surface area (Å²) in [6.45, 7) is 5.65. The molecule has 1 fully saturated rings. The van der Waals surface area contributed by atoms with Gasteiger partial charge in [-0.3, -0.25) is 4.79 Å². The number of fused-ring (bicyclic) bond motifs is 1. The van der Waals surface area contributed by atoms with Gasteiger partial charge in [-0.15, -0.1) is 0 Å². The summed E-state index contributed by atoms with van der Waals surface area (Å²) >= 11 is 0. The number of ketones is 1. The first-order valence-corrected chi connectivity index (χ1v) is 8.77. The molecule has 0 unspecified atom stereocenters. The fourth-order valence-electron chi connectivity index (χ4n) is 3.38. The van der Waals surface area contributed by atoms with Crippen LogP contribution in [-0.4, -0.2) is 42.1 Å². The standard InChI is InChI=1S/C19H25NO4/c1-3-4-11-23-18(22)20-9-7-19(8-10-20)13-16(21)15-12-14(2)5-6-17(15)24-19/h5-6,12H,3-4,7-11,13H2,1-2H3. The zero-order valence-electron chi connectivity index (χ0n) is 14.5. The number of piperidine rings is 1. The summed E-state index contributed by atoms with van der Waals surface area (Å²) in [4.78, 5) is 26.3. The molecule has 5 heteroatoms. The highest BCUT2D eigenvalue weighted by atomic mass is 16.6. The van der Waals surface area contributed by atoms with E-state index in [-0.39, 0.29) is 11.9 Å². The molecule has 0 aliphatic carbocycles. The van der Waals surface area contributed by atoms with Crippen LogP contribution in [0.1, 0.15) is 54.9 Å². The number of aryl methyl sites for hydroxylation is 1. The molecule has 0 aromatic heterocycles. The maximum Gasteiger partial charge on any atom is 0.409 e. The maximum absolute atomic E-state index is 12.5. The average Bonchev–Trinajstić information content (AvgIpc) is 2.56. The van der Waals surface area contributed by atoms with Crippen molar-refractivity contribution in [3.05, 3.63) is 29.3 Å². The quantitative estimate of drug-likeness (QED) is 0.792. The fraction of sp³-hybridized carbons (Fsp3) is 0.579. The van der Waals surface area contributed by atoms with Gasteiger partial charge in [-0.1, -0.05) is 25.0 Å². The molecule has 1 aromatic carbocycles. The normalized spacial score (nSPS) is 18.9. The Labute approximate surface area is 142 Å². The van der Waals surface area contributed by atoms with Crippen LogP contribution >= 0.6 is 0 Å². The van der Waals surface area contributed by atoms with Crippen molar-refractivity contribution in [3.8, 4) is 5.75 Å². The van der Waals surface area contributed by atoms with E-state index in [4.69, 9.17) is 9.47 Å². The van der Waals surface area contributed by atoms with E-state index in [0.29, 0.717) is 50.3 Å². The van der Waals surface area contributed by atoms with Crippen LogP contribution in [0.15, 0.2) is 18.2 Å². The first-order chi connectivity index (χ1) is 11.5.